The third-order valence-electron chi connectivity index (χ3n) is 5.45. The summed E-state index contributed by atoms with van der Waals surface area (Å²) in [6.45, 7) is 0. The number of nitrogens with zero attached hydrogens (tertiary/aromatic N) is 6. The minimum absolute atomic E-state index is 0.0733. The van der Waals surface area contributed by atoms with E-state index in [1.165, 1.54) is 6.26 Å². The lowest BCUT2D eigenvalue weighted by molar-refractivity contribution is 0.286. The molecule has 0 radical (unpaired) electrons. The van der Waals surface area contributed by atoms with Crippen molar-refractivity contribution in [1.29, 1.82) is 5.26 Å². The van der Waals surface area contributed by atoms with Gasteiger partial charge in [-0.3, -0.25) is 4.98 Å². The molecule has 29 heavy (non-hydrogen) atoms. The summed E-state index contributed by atoms with van der Waals surface area (Å²) in [7, 11) is -2.99. The fourth-order valence-electron chi connectivity index (χ4n) is 3.71. The SMILES string of the molecule is CS(=O)(=O)C1CC(n2cc(Cc3nc4c(cnc5ccc(C#N)cc54)[nH]3)nn2)C1. The van der Waals surface area contributed by atoms with E-state index in [1.807, 2.05) is 12.3 Å². The van der Waals surface area contributed by atoms with Gasteiger partial charge in [0.05, 0.1) is 57.8 Å². The maximum atomic E-state index is 11.6. The number of imidazole rings is 1. The van der Waals surface area contributed by atoms with E-state index in [1.54, 1.807) is 23.0 Å². The quantitative estimate of drug-likeness (QED) is 0.547. The molecule has 0 aliphatic heterocycles. The van der Waals surface area contributed by atoms with E-state index in [-0.39, 0.29) is 11.3 Å². The third-order valence-corrected chi connectivity index (χ3v) is 7.05. The van der Waals surface area contributed by atoms with Crippen molar-refractivity contribution < 1.29 is 8.42 Å². The van der Waals surface area contributed by atoms with Crippen molar-refractivity contribution in [2.75, 3.05) is 6.26 Å². The molecule has 1 saturated carbocycles. The van der Waals surface area contributed by atoms with Crippen LogP contribution in [0.15, 0.2) is 30.6 Å². The Morgan fingerprint density at radius 2 is 2.17 bits per heavy atom. The summed E-state index contributed by atoms with van der Waals surface area (Å²) in [5, 5.41) is 18.1. The van der Waals surface area contributed by atoms with Gasteiger partial charge in [0, 0.05) is 17.8 Å². The first kappa shape index (κ1) is 17.8. The largest absolute Gasteiger partial charge is 0.340 e. The molecule has 146 valence electrons. The third kappa shape index (κ3) is 3.13. The second kappa shape index (κ2) is 6.35. The average Bonchev–Trinajstić information content (AvgIpc) is 3.25. The van der Waals surface area contributed by atoms with Gasteiger partial charge in [-0.25, -0.2) is 18.1 Å². The molecule has 4 aromatic rings. The summed E-state index contributed by atoms with van der Waals surface area (Å²) >= 11 is 0. The zero-order chi connectivity index (χ0) is 20.2. The van der Waals surface area contributed by atoms with Crippen LogP contribution in [0.25, 0.3) is 21.9 Å². The second-order valence-corrected chi connectivity index (χ2v) is 9.82. The molecule has 1 aliphatic rings. The highest BCUT2D eigenvalue weighted by molar-refractivity contribution is 7.91. The fraction of sp³-hybridized carbons (Fsp3) is 0.316. The van der Waals surface area contributed by atoms with Crippen LogP contribution in [0.5, 0.6) is 0 Å². The molecule has 3 aromatic heterocycles. The number of aromatic nitrogens is 6. The minimum Gasteiger partial charge on any atom is -0.340 e. The molecule has 0 spiro atoms. The smallest absolute Gasteiger partial charge is 0.150 e. The normalized spacial score (nSPS) is 19.3. The number of rotatable bonds is 4. The maximum Gasteiger partial charge on any atom is 0.150 e. The van der Waals surface area contributed by atoms with Crippen LogP contribution in [0.2, 0.25) is 0 Å². The number of sulfone groups is 1. The lowest BCUT2D eigenvalue weighted by atomic mass is 9.92. The van der Waals surface area contributed by atoms with Crippen LogP contribution < -0.4 is 0 Å². The van der Waals surface area contributed by atoms with Gasteiger partial charge in [-0.1, -0.05) is 5.21 Å². The maximum absolute atomic E-state index is 11.6. The number of nitriles is 1. The topological polar surface area (TPSA) is 130 Å². The first-order valence-corrected chi connectivity index (χ1v) is 11.1. The zero-order valence-corrected chi connectivity index (χ0v) is 16.4. The molecule has 1 fully saturated rings. The van der Waals surface area contributed by atoms with Crippen LogP contribution in [0, 0.1) is 11.3 Å². The lowest BCUT2D eigenvalue weighted by Gasteiger charge is -2.33. The van der Waals surface area contributed by atoms with Gasteiger partial charge < -0.3 is 4.98 Å². The number of hydrogen-bond donors (Lipinski definition) is 1. The van der Waals surface area contributed by atoms with Gasteiger partial charge in [0.1, 0.15) is 15.7 Å². The number of pyridine rings is 1. The Morgan fingerprint density at radius 3 is 2.93 bits per heavy atom. The number of benzene rings is 1. The van der Waals surface area contributed by atoms with Gasteiger partial charge in [0.2, 0.25) is 0 Å². The van der Waals surface area contributed by atoms with Crippen LogP contribution in [0.4, 0.5) is 0 Å². The molecule has 0 atom stereocenters. The number of hydrogen-bond acceptors (Lipinski definition) is 7. The van der Waals surface area contributed by atoms with Crippen LogP contribution >= 0.6 is 0 Å². The fourth-order valence-corrected chi connectivity index (χ4v) is 4.85. The summed E-state index contributed by atoms with van der Waals surface area (Å²) in [5.74, 6) is 0.728. The van der Waals surface area contributed by atoms with Crippen LogP contribution in [-0.2, 0) is 16.3 Å². The Morgan fingerprint density at radius 1 is 1.34 bits per heavy atom. The Bertz CT molecular complexity index is 1390. The molecule has 1 aromatic carbocycles. The molecule has 0 unspecified atom stereocenters. The molecule has 9 nitrogen and oxygen atoms in total. The predicted molar refractivity (Wildman–Crippen MR) is 106 cm³/mol. The van der Waals surface area contributed by atoms with Crippen LogP contribution in [-0.4, -0.2) is 49.9 Å². The molecule has 10 heteroatoms. The number of fused-ring (bicyclic) bond motifs is 3. The van der Waals surface area contributed by atoms with Crippen molar-refractivity contribution in [3.63, 3.8) is 0 Å². The van der Waals surface area contributed by atoms with Crippen molar-refractivity contribution in [1.82, 2.24) is 29.9 Å². The van der Waals surface area contributed by atoms with E-state index in [4.69, 9.17) is 5.26 Å². The van der Waals surface area contributed by atoms with Crippen molar-refractivity contribution >= 4 is 31.8 Å². The van der Waals surface area contributed by atoms with Gasteiger partial charge in [0.25, 0.3) is 0 Å². The summed E-state index contributed by atoms with van der Waals surface area (Å²) in [6, 6.07) is 7.56. The van der Waals surface area contributed by atoms with Gasteiger partial charge in [0.15, 0.2) is 0 Å². The standard InChI is InChI=1S/C19H17N7O2S/c1-29(27,28)14-6-13(7-14)26-10-12(24-25-26)5-18-22-17-9-21-16-3-2-11(8-20)4-15(16)19(17)23-18/h2-4,9-10,13-14H,5-7H2,1H3,(H,22,23). The number of nitrogens with one attached hydrogen (secondary N) is 1. The van der Waals surface area contributed by atoms with E-state index >= 15 is 0 Å². The predicted octanol–water partition coefficient (Wildman–Crippen LogP) is 1.91. The molecule has 3 heterocycles. The Kier molecular flexibility index (Phi) is 3.89. The van der Waals surface area contributed by atoms with Crippen molar-refractivity contribution in [3.05, 3.63) is 47.7 Å². The molecule has 0 bridgehead atoms. The van der Waals surface area contributed by atoms with Gasteiger partial charge in [-0.15, -0.1) is 5.10 Å². The van der Waals surface area contributed by atoms with Crippen LogP contribution in [0.1, 0.15) is 36.0 Å². The number of aromatic amines is 1. The highest BCUT2D eigenvalue weighted by Crippen LogP contribution is 2.36. The molecule has 5 rings (SSSR count). The van der Waals surface area contributed by atoms with Crippen LogP contribution in [0.3, 0.4) is 0 Å². The first-order chi connectivity index (χ1) is 13.9. The summed E-state index contributed by atoms with van der Waals surface area (Å²) < 4.78 is 24.9. The average molecular weight is 407 g/mol. The molecule has 1 N–H and O–H groups in total. The Balaban J connectivity index is 1.39. The summed E-state index contributed by atoms with van der Waals surface area (Å²) in [6.07, 6.45) is 6.48. The highest BCUT2D eigenvalue weighted by atomic mass is 32.2. The first-order valence-electron chi connectivity index (χ1n) is 9.18. The number of H-pyrrole nitrogens is 1. The molecular weight excluding hydrogens is 390 g/mol. The Labute approximate surface area is 166 Å². The Hall–Kier alpha value is -3.32. The van der Waals surface area contributed by atoms with E-state index < -0.39 is 9.84 Å². The molecule has 0 saturated heterocycles. The van der Waals surface area contributed by atoms with Gasteiger partial charge in [-0.2, -0.15) is 5.26 Å². The molecular formula is C19H17N7O2S. The zero-order valence-electron chi connectivity index (χ0n) is 15.6. The van der Waals surface area contributed by atoms with Gasteiger partial charge >= 0.3 is 0 Å². The highest BCUT2D eigenvalue weighted by Gasteiger charge is 2.37. The van der Waals surface area contributed by atoms with Crippen molar-refractivity contribution in [2.24, 2.45) is 0 Å². The molecule has 1 aliphatic carbocycles. The van der Waals surface area contributed by atoms with E-state index in [0.717, 1.165) is 33.5 Å². The summed E-state index contributed by atoms with van der Waals surface area (Å²) in [4.78, 5) is 12.4. The molecule has 0 amide bonds. The summed E-state index contributed by atoms with van der Waals surface area (Å²) in [5.41, 5.74) is 3.66. The second-order valence-electron chi connectivity index (χ2n) is 7.49. The van der Waals surface area contributed by atoms with Gasteiger partial charge in [-0.05, 0) is 31.0 Å². The van der Waals surface area contributed by atoms with E-state index in [2.05, 4.69) is 31.3 Å². The van der Waals surface area contributed by atoms with Crippen molar-refractivity contribution in [3.8, 4) is 6.07 Å². The van der Waals surface area contributed by atoms with E-state index in [0.29, 0.717) is 24.8 Å². The minimum atomic E-state index is -2.99. The lowest BCUT2D eigenvalue weighted by Crippen LogP contribution is -2.37. The van der Waals surface area contributed by atoms with E-state index in [9.17, 15) is 8.42 Å². The monoisotopic (exact) mass is 407 g/mol. The van der Waals surface area contributed by atoms with Crippen molar-refractivity contribution in [2.45, 2.75) is 30.6 Å².